The second-order valence-corrected chi connectivity index (χ2v) is 8.80. The number of carboxylic acids is 1. The number of hydrogen-bond acceptors (Lipinski definition) is 7. The van der Waals surface area contributed by atoms with E-state index < -0.39 is 72.0 Å². The van der Waals surface area contributed by atoms with Crippen molar-refractivity contribution >= 4 is 35.5 Å². The van der Waals surface area contributed by atoms with Crippen LogP contribution in [0.15, 0.2) is 30.3 Å². The first kappa shape index (κ1) is 31.0. The maximum atomic E-state index is 13.3. The third-order valence-electron chi connectivity index (χ3n) is 5.77. The number of nitrogens with one attached hydrogen (secondary N) is 3. The predicted octanol–water partition coefficient (Wildman–Crippen LogP) is -1.72. The summed E-state index contributed by atoms with van der Waals surface area (Å²) in [5.41, 5.74) is 16.7. The van der Waals surface area contributed by atoms with Gasteiger partial charge in [0.05, 0.1) is 12.5 Å². The van der Waals surface area contributed by atoms with Gasteiger partial charge in [-0.2, -0.15) is 0 Å². The minimum Gasteiger partial charge on any atom is -0.480 e. The van der Waals surface area contributed by atoms with Crippen LogP contribution in [-0.4, -0.2) is 64.8 Å². The van der Waals surface area contributed by atoms with E-state index in [0.29, 0.717) is 12.0 Å². The van der Waals surface area contributed by atoms with Crippen molar-refractivity contribution in [1.82, 2.24) is 16.0 Å². The zero-order valence-corrected chi connectivity index (χ0v) is 20.9. The van der Waals surface area contributed by atoms with Crippen LogP contribution in [0.2, 0.25) is 0 Å². The molecule has 0 aliphatic carbocycles. The van der Waals surface area contributed by atoms with E-state index in [2.05, 4.69) is 16.0 Å². The molecule has 5 amide bonds. The molecule has 0 heterocycles. The van der Waals surface area contributed by atoms with E-state index in [4.69, 9.17) is 17.2 Å². The molecule has 0 fully saturated rings. The number of carboxylic acid groups (broad SMARTS) is 1. The predicted molar refractivity (Wildman–Crippen MR) is 133 cm³/mol. The average Bonchev–Trinajstić information content (AvgIpc) is 2.84. The molecule has 204 valence electrons. The fourth-order valence-electron chi connectivity index (χ4n) is 3.39. The highest BCUT2D eigenvalue weighted by Crippen LogP contribution is 2.11. The van der Waals surface area contributed by atoms with Gasteiger partial charge in [0.25, 0.3) is 0 Å². The Kier molecular flexibility index (Phi) is 12.7. The molecule has 0 saturated carbocycles. The van der Waals surface area contributed by atoms with Crippen molar-refractivity contribution in [2.75, 3.05) is 0 Å². The Bertz CT molecular complexity index is 972. The molecule has 5 atom stereocenters. The zero-order valence-electron chi connectivity index (χ0n) is 20.9. The molecule has 5 unspecified atom stereocenters. The number of rotatable bonds is 16. The number of carbonyl (C=O) groups is 6. The number of nitrogens with two attached hydrogens (primary N) is 3. The number of primary amides is 2. The van der Waals surface area contributed by atoms with Gasteiger partial charge in [-0.3, -0.25) is 24.0 Å². The molecule has 37 heavy (non-hydrogen) atoms. The SMILES string of the molecule is CCC(C)C(NC(=O)C(Cc1ccccc1)NC(=O)C(N)CCC(N)=O)C(=O)NC(CC(N)=O)C(=O)O. The largest absolute Gasteiger partial charge is 0.480 e. The van der Waals surface area contributed by atoms with E-state index in [9.17, 15) is 33.9 Å². The zero-order chi connectivity index (χ0) is 28.1. The van der Waals surface area contributed by atoms with Crippen LogP contribution < -0.4 is 33.2 Å². The van der Waals surface area contributed by atoms with Crippen molar-refractivity contribution in [3.05, 3.63) is 35.9 Å². The Morgan fingerprint density at radius 3 is 1.97 bits per heavy atom. The minimum atomic E-state index is -1.57. The molecule has 0 bridgehead atoms. The summed E-state index contributed by atoms with van der Waals surface area (Å²) in [5.74, 6) is -5.65. The Morgan fingerprint density at radius 2 is 1.46 bits per heavy atom. The van der Waals surface area contributed by atoms with Crippen molar-refractivity contribution in [2.24, 2.45) is 23.1 Å². The maximum absolute atomic E-state index is 13.3. The first-order valence-electron chi connectivity index (χ1n) is 11.9. The van der Waals surface area contributed by atoms with Gasteiger partial charge >= 0.3 is 5.97 Å². The smallest absolute Gasteiger partial charge is 0.326 e. The Labute approximate surface area is 214 Å². The van der Waals surface area contributed by atoms with Gasteiger partial charge < -0.3 is 38.3 Å². The molecule has 1 rings (SSSR count). The van der Waals surface area contributed by atoms with Crippen LogP contribution >= 0.6 is 0 Å². The van der Waals surface area contributed by atoms with Gasteiger partial charge in [0.15, 0.2) is 0 Å². The van der Waals surface area contributed by atoms with Gasteiger partial charge in [-0.1, -0.05) is 50.6 Å². The van der Waals surface area contributed by atoms with Gasteiger partial charge in [-0.15, -0.1) is 0 Å². The summed E-state index contributed by atoms with van der Waals surface area (Å²) in [7, 11) is 0. The van der Waals surface area contributed by atoms with Crippen molar-refractivity contribution < 1.29 is 33.9 Å². The molecule has 0 aliphatic heterocycles. The monoisotopic (exact) mass is 520 g/mol. The highest BCUT2D eigenvalue weighted by atomic mass is 16.4. The number of amides is 5. The number of aliphatic carboxylic acids is 1. The van der Waals surface area contributed by atoms with Crippen LogP contribution in [0.25, 0.3) is 0 Å². The van der Waals surface area contributed by atoms with Crippen LogP contribution in [0.3, 0.4) is 0 Å². The molecule has 13 nitrogen and oxygen atoms in total. The summed E-state index contributed by atoms with van der Waals surface area (Å²) < 4.78 is 0. The minimum absolute atomic E-state index is 0.0187. The topological polar surface area (TPSA) is 237 Å². The first-order valence-corrected chi connectivity index (χ1v) is 11.9. The summed E-state index contributed by atoms with van der Waals surface area (Å²) in [5, 5.41) is 16.7. The average molecular weight is 521 g/mol. The normalized spacial score (nSPS) is 14.8. The lowest BCUT2D eigenvalue weighted by molar-refractivity contribution is -0.144. The van der Waals surface area contributed by atoms with E-state index in [-0.39, 0.29) is 19.3 Å². The molecule has 0 aliphatic rings. The van der Waals surface area contributed by atoms with E-state index in [1.54, 1.807) is 44.2 Å². The molecule has 0 aromatic heterocycles. The lowest BCUT2D eigenvalue weighted by Crippen LogP contribution is -2.59. The molecule has 1 aromatic rings. The van der Waals surface area contributed by atoms with E-state index in [1.807, 2.05) is 0 Å². The quantitative estimate of drug-likeness (QED) is 0.132. The van der Waals surface area contributed by atoms with Crippen molar-refractivity contribution in [3.8, 4) is 0 Å². The Morgan fingerprint density at radius 1 is 0.865 bits per heavy atom. The Hall–Kier alpha value is -4.00. The third-order valence-corrected chi connectivity index (χ3v) is 5.77. The number of benzene rings is 1. The number of carbonyl (C=O) groups excluding carboxylic acids is 5. The summed E-state index contributed by atoms with van der Waals surface area (Å²) in [6.45, 7) is 3.45. The van der Waals surface area contributed by atoms with Crippen LogP contribution in [0.5, 0.6) is 0 Å². The highest BCUT2D eigenvalue weighted by Gasteiger charge is 2.33. The van der Waals surface area contributed by atoms with Crippen LogP contribution in [0.1, 0.15) is 45.1 Å². The molecular formula is C24H36N6O7. The van der Waals surface area contributed by atoms with E-state index in [1.165, 1.54) is 0 Å². The third kappa shape index (κ3) is 11.1. The molecule has 0 spiro atoms. The fourth-order valence-corrected chi connectivity index (χ4v) is 3.39. The van der Waals surface area contributed by atoms with E-state index >= 15 is 0 Å². The van der Waals surface area contributed by atoms with Crippen LogP contribution in [0.4, 0.5) is 0 Å². The molecule has 0 radical (unpaired) electrons. The summed E-state index contributed by atoms with van der Waals surface area (Å²) in [6.07, 6.45) is -0.251. The number of hydrogen-bond donors (Lipinski definition) is 7. The fraction of sp³-hybridized carbons (Fsp3) is 0.500. The summed E-state index contributed by atoms with van der Waals surface area (Å²) in [4.78, 5) is 72.5. The van der Waals surface area contributed by atoms with Crippen molar-refractivity contribution in [1.29, 1.82) is 0 Å². The maximum Gasteiger partial charge on any atom is 0.326 e. The van der Waals surface area contributed by atoms with Crippen LogP contribution in [0, 0.1) is 5.92 Å². The first-order chi connectivity index (χ1) is 17.3. The van der Waals surface area contributed by atoms with E-state index in [0.717, 1.165) is 0 Å². The van der Waals surface area contributed by atoms with Crippen LogP contribution in [-0.2, 0) is 35.2 Å². The lowest BCUT2D eigenvalue weighted by atomic mass is 9.96. The summed E-state index contributed by atoms with van der Waals surface area (Å²) >= 11 is 0. The van der Waals surface area contributed by atoms with Gasteiger partial charge in [0, 0.05) is 12.8 Å². The molecule has 13 heteroatoms. The molecular weight excluding hydrogens is 484 g/mol. The van der Waals surface area contributed by atoms with Gasteiger partial charge in [0.2, 0.25) is 29.5 Å². The van der Waals surface area contributed by atoms with Crippen molar-refractivity contribution in [3.63, 3.8) is 0 Å². The molecule has 0 saturated heterocycles. The standard InChI is InChI=1S/C24H36N6O7/c1-3-13(2)20(23(35)29-17(24(36)37)12-19(27)32)30-22(34)16(11-14-7-5-4-6-8-14)28-21(33)15(25)9-10-18(26)31/h4-8,13,15-17,20H,3,9-12,25H2,1-2H3,(H2,26,31)(H2,27,32)(H,28,33)(H,29,35)(H,30,34)(H,36,37). The second-order valence-electron chi connectivity index (χ2n) is 8.80. The second kappa shape index (κ2) is 15.2. The van der Waals surface area contributed by atoms with Crippen molar-refractivity contribution in [2.45, 2.75) is 70.1 Å². The van der Waals surface area contributed by atoms with Gasteiger partial charge in [-0.25, -0.2) is 4.79 Å². The molecule has 10 N–H and O–H groups in total. The lowest BCUT2D eigenvalue weighted by Gasteiger charge is -2.28. The Balaban J connectivity index is 3.12. The van der Waals surface area contributed by atoms with Gasteiger partial charge in [0.1, 0.15) is 18.1 Å². The van der Waals surface area contributed by atoms with Gasteiger partial charge in [-0.05, 0) is 17.9 Å². The summed E-state index contributed by atoms with van der Waals surface area (Å²) in [6, 6.07) is 3.80. The highest BCUT2D eigenvalue weighted by molar-refractivity contribution is 5.95. The molecule has 1 aromatic carbocycles.